The fourth-order valence-corrected chi connectivity index (χ4v) is 2.95. The summed E-state index contributed by atoms with van der Waals surface area (Å²) in [6, 6.07) is 12.9. The number of thiophene rings is 1. The van der Waals surface area contributed by atoms with E-state index in [0.717, 1.165) is 11.0 Å². The Kier molecular flexibility index (Phi) is 4.25. The highest BCUT2D eigenvalue weighted by molar-refractivity contribution is 9.10. The Balaban J connectivity index is 2.04. The van der Waals surface area contributed by atoms with E-state index >= 15 is 0 Å². The predicted molar refractivity (Wildman–Crippen MR) is 83.1 cm³/mol. The van der Waals surface area contributed by atoms with Gasteiger partial charge in [0, 0.05) is 26.3 Å². The van der Waals surface area contributed by atoms with E-state index in [4.69, 9.17) is 0 Å². The fourth-order valence-electron chi connectivity index (χ4n) is 1.86. The van der Waals surface area contributed by atoms with Crippen LogP contribution in [-0.2, 0) is 12.1 Å². The lowest BCUT2D eigenvalue weighted by atomic mass is 9.94. The molecular weight excluding hydrogens is 306 g/mol. The molecule has 96 valence electrons. The molecule has 1 aromatic heterocycles. The van der Waals surface area contributed by atoms with Gasteiger partial charge in [0.2, 0.25) is 0 Å². The van der Waals surface area contributed by atoms with Gasteiger partial charge in [-0.15, -0.1) is 11.3 Å². The van der Waals surface area contributed by atoms with Crippen molar-refractivity contribution >= 4 is 27.3 Å². The zero-order chi connectivity index (χ0) is 13.2. The molecule has 0 spiro atoms. The van der Waals surface area contributed by atoms with Gasteiger partial charge in [0.15, 0.2) is 0 Å². The molecule has 0 radical (unpaired) electrons. The Bertz CT molecular complexity index is 514. The summed E-state index contributed by atoms with van der Waals surface area (Å²) in [6.07, 6.45) is 0. The second kappa shape index (κ2) is 5.55. The Morgan fingerprint density at radius 3 is 2.33 bits per heavy atom. The van der Waals surface area contributed by atoms with E-state index in [0.29, 0.717) is 0 Å². The molecule has 0 fully saturated rings. The SMILES string of the molecule is Cc1ccc(CNC(C)(C)c2ccc(Br)cc2)s1. The van der Waals surface area contributed by atoms with Crippen molar-refractivity contribution in [2.24, 2.45) is 0 Å². The van der Waals surface area contributed by atoms with Crippen molar-refractivity contribution in [3.8, 4) is 0 Å². The van der Waals surface area contributed by atoms with E-state index in [1.165, 1.54) is 15.3 Å². The van der Waals surface area contributed by atoms with Crippen molar-refractivity contribution in [2.45, 2.75) is 32.9 Å². The third-order valence-corrected chi connectivity index (χ3v) is 4.60. The summed E-state index contributed by atoms with van der Waals surface area (Å²) in [4.78, 5) is 2.76. The molecule has 18 heavy (non-hydrogen) atoms. The highest BCUT2D eigenvalue weighted by Crippen LogP contribution is 2.23. The van der Waals surface area contributed by atoms with E-state index in [1.807, 2.05) is 11.3 Å². The van der Waals surface area contributed by atoms with Crippen molar-refractivity contribution in [1.82, 2.24) is 5.32 Å². The average molecular weight is 324 g/mol. The van der Waals surface area contributed by atoms with Gasteiger partial charge in [0.1, 0.15) is 0 Å². The number of halogens is 1. The van der Waals surface area contributed by atoms with Gasteiger partial charge in [-0.1, -0.05) is 28.1 Å². The van der Waals surface area contributed by atoms with E-state index in [-0.39, 0.29) is 5.54 Å². The van der Waals surface area contributed by atoms with Crippen molar-refractivity contribution in [1.29, 1.82) is 0 Å². The highest BCUT2D eigenvalue weighted by Gasteiger charge is 2.19. The minimum absolute atomic E-state index is 0.0153. The van der Waals surface area contributed by atoms with Crippen LogP contribution in [0.1, 0.15) is 29.2 Å². The topological polar surface area (TPSA) is 12.0 Å². The first-order chi connectivity index (χ1) is 8.47. The van der Waals surface area contributed by atoms with Crippen LogP contribution >= 0.6 is 27.3 Å². The monoisotopic (exact) mass is 323 g/mol. The van der Waals surface area contributed by atoms with Crippen molar-refractivity contribution in [3.05, 3.63) is 56.2 Å². The van der Waals surface area contributed by atoms with Gasteiger partial charge in [-0.2, -0.15) is 0 Å². The van der Waals surface area contributed by atoms with Crippen molar-refractivity contribution < 1.29 is 0 Å². The van der Waals surface area contributed by atoms with Gasteiger partial charge in [0.25, 0.3) is 0 Å². The van der Waals surface area contributed by atoms with Crippen LogP contribution in [0.25, 0.3) is 0 Å². The van der Waals surface area contributed by atoms with Crippen molar-refractivity contribution in [2.75, 3.05) is 0 Å². The molecule has 3 heteroatoms. The van der Waals surface area contributed by atoms with Crippen LogP contribution < -0.4 is 5.32 Å². The predicted octanol–water partition coefficient (Wildman–Crippen LogP) is 4.84. The van der Waals surface area contributed by atoms with Gasteiger partial charge < -0.3 is 5.32 Å². The maximum absolute atomic E-state index is 3.62. The number of hydrogen-bond donors (Lipinski definition) is 1. The summed E-state index contributed by atoms with van der Waals surface area (Å²) >= 11 is 5.33. The zero-order valence-electron chi connectivity index (χ0n) is 11.0. The molecule has 2 aromatic rings. The summed E-state index contributed by atoms with van der Waals surface area (Å²) in [5, 5.41) is 3.62. The van der Waals surface area contributed by atoms with E-state index < -0.39 is 0 Å². The van der Waals surface area contributed by atoms with Crippen LogP contribution in [0, 0.1) is 6.92 Å². The van der Waals surface area contributed by atoms with Gasteiger partial charge in [-0.05, 0) is 50.6 Å². The average Bonchev–Trinajstić information content (AvgIpc) is 2.73. The third kappa shape index (κ3) is 3.44. The Morgan fingerprint density at radius 2 is 1.78 bits per heavy atom. The first-order valence-electron chi connectivity index (χ1n) is 6.04. The Morgan fingerprint density at radius 1 is 1.11 bits per heavy atom. The smallest absolute Gasteiger partial charge is 0.0380 e. The normalized spacial score (nSPS) is 11.8. The van der Waals surface area contributed by atoms with E-state index in [2.05, 4.69) is 78.4 Å². The molecule has 0 bridgehead atoms. The van der Waals surface area contributed by atoms with Crippen molar-refractivity contribution in [3.63, 3.8) is 0 Å². The van der Waals surface area contributed by atoms with Gasteiger partial charge in [-0.25, -0.2) is 0 Å². The molecule has 0 aliphatic carbocycles. The lowest BCUT2D eigenvalue weighted by Crippen LogP contribution is -2.35. The summed E-state index contributed by atoms with van der Waals surface area (Å²) in [7, 11) is 0. The van der Waals surface area contributed by atoms with Crippen LogP contribution in [0.4, 0.5) is 0 Å². The maximum Gasteiger partial charge on any atom is 0.0380 e. The molecule has 1 heterocycles. The summed E-state index contributed by atoms with van der Waals surface area (Å²) in [6.45, 7) is 7.50. The van der Waals surface area contributed by atoms with E-state index in [1.54, 1.807) is 0 Å². The first kappa shape index (κ1) is 13.8. The molecule has 0 unspecified atom stereocenters. The summed E-state index contributed by atoms with van der Waals surface area (Å²) in [5.41, 5.74) is 1.29. The number of rotatable bonds is 4. The molecule has 1 nitrogen and oxygen atoms in total. The molecule has 0 saturated heterocycles. The van der Waals surface area contributed by atoms with Crippen LogP contribution in [0.3, 0.4) is 0 Å². The van der Waals surface area contributed by atoms with Gasteiger partial charge in [0.05, 0.1) is 0 Å². The van der Waals surface area contributed by atoms with Crippen LogP contribution in [0.15, 0.2) is 40.9 Å². The number of nitrogens with one attached hydrogen (secondary N) is 1. The first-order valence-corrected chi connectivity index (χ1v) is 7.65. The molecule has 2 rings (SSSR count). The standard InChI is InChI=1S/C15H18BrNS/c1-11-4-9-14(18-11)10-17-15(2,3)12-5-7-13(16)8-6-12/h4-9,17H,10H2,1-3H3. The lowest BCUT2D eigenvalue weighted by molar-refractivity contribution is 0.403. The molecule has 0 amide bonds. The summed E-state index contributed by atoms with van der Waals surface area (Å²) < 4.78 is 1.12. The van der Waals surface area contributed by atoms with E-state index in [9.17, 15) is 0 Å². The molecule has 0 aliphatic rings. The zero-order valence-corrected chi connectivity index (χ0v) is 13.4. The highest BCUT2D eigenvalue weighted by atomic mass is 79.9. The molecular formula is C15H18BrNS. The largest absolute Gasteiger partial charge is 0.303 e. The minimum Gasteiger partial charge on any atom is -0.303 e. The second-order valence-electron chi connectivity index (χ2n) is 5.00. The maximum atomic E-state index is 3.62. The molecule has 0 aliphatic heterocycles. The van der Waals surface area contributed by atoms with Crippen LogP contribution in [0.5, 0.6) is 0 Å². The third-order valence-electron chi connectivity index (χ3n) is 3.07. The Labute approximate surface area is 121 Å². The Hall–Kier alpha value is -0.640. The summed E-state index contributed by atoms with van der Waals surface area (Å²) in [5.74, 6) is 0. The quantitative estimate of drug-likeness (QED) is 0.848. The van der Waals surface area contributed by atoms with Gasteiger partial charge >= 0.3 is 0 Å². The van der Waals surface area contributed by atoms with Gasteiger partial charge in [-0.3, -0.25) is 0 Å². The van der Waals surface area contributed by atoms with Crippen LogP contribution in [0.2, 0.25) is 0 Å². The molecule has 0 saturated carbocycles. The number of hydrogen-bond acceptors (Lipinski definition) is 2. The minimum atomic E-state index is -0.0153. The van der Waals surface area contributed by atoms with Crippen LogP contribution in [-0.4, -0.2) is 0 Å². The second-order valence-corrected chi connectivity index (χ2v) is 7.29. The number of aryl methyl sites for hydroxylation is 1. The molecule has 1 aromatic carbocycles. The molecule has 0 atom stereocenters. The number of benzene rings is 1. The molecule has 1 N–H and O–H groups in total. The fraction of sp³-hybridized carbons (Fsp3) is 0.333. The lowest BCUT2D eigenvalue weighted by Gasteiger charge is -2.27.